The van der Waals surface area contributed by atoms with Gasteiger partial charge in [-0.15, -0.1) is 11.3 Å². The minimum Gasteiger partial charge on any atom is -0.484 e. The molecule has 0 saturated heterocycles. The van der Waals surface area contributed by atoms with Crippen molar-refractivity contribution in [2.75, 3.05) is 6.61 Å². The van der Waals surface area contributed by atoms with Gasteiger partial charge in [-0.05, 0) is 48.2 Å². The van der Waals surface area contributed by atoms with E-state index in [0.29, 0.717) is 11.3 Å². The van der Waals surface area contributed by atoms with Crippen molar-refractivity contribution >= 4 is 22.9 Å². The Balaban J connectivity index is 1.68. The molecule has 3 aromatic rings. The smallest absolute Gasteiger partial charge is 0.272 e. The molecule has 144 valence electrons. The van der Waals surface area contributed by atoms with Crippen molar-refractivity contribution in [2.45, 2.75) is 13.0 Å². The summed E-state index contributed by atoms with van der Waals surface area (Å²) < 4.78 is 18.7. The maximum Gasteiger partial charge on any atom is 0.272 e. The van der Waals surface area contributed by atoms with Gasteiger partial charge in [0.05, 0.1) is 11.0 Å². The molecule has 0 aliphatic carbocycles. The van der Waals surface area contributed by atoms with Crippen molar-refractivity contribution in [3.8, 4) is 5.75 Å². The highest BCUT2D eigenvalue weighted by Gasteiger charge is 2.19. The molecule has 0 unspecified atom stereocenters. The third kappa shape index (κ3) is 4.72. The van der Waals surface area contributed by atoms with Gasteiger partial charge >= 0.3 is 0 Å². The Kier molecular flexibility index (Phi) is 6.00. The van der Waals surface area contributed by atoms with Gasteiger partial charge in [0.1, 0.15) is 11.6 Å². The van der Waals surface area contributed by atoms with Crippen molar-refractivity contribution in [3.05, 3.63) is 91.9 Å². The van der Waals surface area contributed by atoms with Gasteiger partial charge in [-0.3, -0.25) is 14.9 Å². The minimum absolute atomic E-state index is 0.00845. The molecule has 0 bridgehead atoms. The lowest BCUT2D eigenvalue weighted by molar-refractivity contribution is -0.385. The van der Waals surface area contributed by atoms with Crippen LogP contribution in [0.1, 0.15) is 22.0 Å². The zero-order valence-electron chi connectivity index (χ0n) is 14.9. The Hall–Kier alpha value is -3.26. The van der Waals surface area contributed by atoms with Crippen LogP contribution in [0.4, 0.5) is 10.1 Å². The molecule has 0 fully saturated rings. The van der Waals surface area contributed by atoms with Gasteiger partial charge in [-0.1, -0.05) is 18.2 Å². The monoisotopic (exact) mass is 400 g/mol. The predicted molar refractivity (Wildman–Crippen MR) is 104 cm³/mol. The number of nitrogens with zero attached hydrogens (tertiary/aromatic N) is 1. The minimum atomic E-state index is -0.472. The van der Waals surface area contributed by atoms with Crippen LogP contribution in [0.25, 0.3) is 0 Å². The topological polar surface area (TPSA) is 81.5 Å². The molecular weight excluding hydrogens is 383 g/mol. The predicted octanol–water partition coefficient (Wildman–Crippen LogP) is 4.39. The molecule has 0 saturated carbocycles. The summed E-state index contributed by atoms with van der Waals surface area (Å²) in [5, 5.41) is 15.6. The van der Waals surface area contributed by atoms with Gasteiger partial charge in [0, 0.05) is 16.5 Å². The lowest BCUT2D eigenvalue weighted by Crippen LogP contribution is -2.32. The van der Waals surface area contributed by atoms with Crippen LogP contribution < -0.4 is 10.1 Å². The molecule has 0 aliphatic heterocycles. The molecule has 8 heteroatoms. The summed E-state index contributed by atoms with van der Waals surface area (Å²) in [4.78, 5) is 23.7. The Morgan fingerprint density at radius 3 is 2.61 bits per heavy atom. The van der Waals surface area contributed by atoms with E-state index in [-0.39, 0.29) is 24.0 Å². The maximum atomic E-state index is 13.2. The first-order chi connectivity index (χ1) is 13.4. The first-order valence-corrected chi connectivity index (χ1v) is 9.28. The number of nitro groups is 1. The molecule has 1 atom stereocenters. The Labute approximate surface area is 164 Å². The summed E-state index contributed by atoms with van der Waals surface area (Å²) >= 11 is 1.48. The Morgan fingerprint density at radius 1 is 1.25 bits per heavy atom. The molecule has 1 amide bonds. The molecule has 1 N–H and O–H groups in total. The number of hydrogen-bond donors (Lipinski definition) is 1. The van der Waals surface area contributed by atoms with E-state index < -0.39 is 11.0 Å². The molecule has 2 aromatic carbocycles. The number of carbonyl (C=O) groups excluding carboxylic acids is 1. The van der Waals surface area contributed by atoms with E-state index in [4.69, 9.17) is 4.74 Å². The SMILES string of the molecule is Cc1cc(OCC(=O)N[C@@H](c2ccc(F)cc2)c2cccs2)ccc1[N+](=O)[O-]. The largest absolute Gasteiger partial charge is 0.484 e. The highest BCUT2D eigenvalue weighted by molar-refractivity contribution is 7.10. The number of ether oxygens (including phenoxy) is 1. The normalized spacial score (nSPS) is 11.6. The fourth-order valence-electron chi connectivity index (χ4n) is 2.70. The first kappa shape index (κ1) is 19.5. The fraction of sp³-hybridized carbons (Fsp3) is 0.150. The van der Waals surface area contributed by atoms with E-state index in [1.54, 1.807) is 19.1 Å². The van der Waals surface area contributed by atoms with Crippen LogP contribution in [0.15, 0.2) is 60.0 Å². The number of amides is 1. The summed E-state index contributed by atoms with van der Waals surface area (Å²) in [5.74, 6) is -0.344. The van der Waals surface area contributed by atoms with Crippen LogP contribution >= 0.6 is 11.3 Å². The first-order valence-electron chi connectivity index (χ1n) is 8.40. The molecule has 0 spiro atoms. The average Bonchev–Trinajstić information content (AvgIpc) is 3.19. The number of benzene rings is 2. The maximum absolute atomic E-state index is 13.2. The highest BCUT2D eigenvalue weighted by Crippen LogP contribution is 2.26. The van der Waals surface area contributed by atoms with Crippen molar-refractivity contribution < 1.29 is 18.8 Å². The number of nitro benzene ring substituents is 1. The third-order valence-corrected chi connectivity index (χ3v) is 5.01. The quantitative estimate of drug-likeness (QED) is 0.471. The van der Waals surface area contributed by atoms with Crippen LogP contribution in [-0.4, -0.2) is 17.4 Å². The van der Waals surface area contributed by atoms with E-state index in [0.717, 1.165) is 10.4 Å². The van der Waals surface area contributed by atoms with E-state index >= 15 is 0 Å². The number of nitrogens with one attached hydrogen (secondary N) is 1. The third-order valence-electron chi connectivity index (χ3n) is 4.07. The summed E-state index contributed by atoms with van der Waals surface area (Å²) in [6, 6.07) is 13.6. The van der Waals surface area contributed by atoms with Crippen molar-refractivity contribution in [1.82, 2.24) is 5.32 Å². The second-order valence-electron chi connectivity index (χ2n) is 6.06. The Bertz CT molecular complexity index is 974. The van der Waals surface area contributed by atoms with Gasteiger partial charge < -0.3 is 10.1 Å². The number of aryl methyl sites for hydroxylation is 1. The summed E-state index contributed by atoms with van der Waals surface area (Å²) in [6.45, 7) is 1.35. The highest BCUT2D eigenvalue weighted by atomic mass is 32.1. The molecular formula is C20H17FN2O4S. The molecule has 1 aromatic heterocycles. The van der Waals surface area contributed by atoms with Gasteiger partial charge in [-0.25, -0.2) is 4.39 Å². The van der Waals surface area contributed by atoms with Crippen LogP contribution in [0.2, 0.25) is 0 Å². The van der Waals surface area contributed by atoms with Crippen LogP contribution in [-0.2, 0) is 4.79 Å². The van der Waals surface area contributed by atoms with Crippen molar-refractivity contribution in [1.29, 1.82) is 0 Å². The van der Waals surface area contributed by atoms with E-state index in [1.165, 1.54) is 41.7 Å². The fourth-order valence-corrected chi connectivity index (χ4v) is 3.51. The second-order valence-corrected chi connectivity index (χ2v) is 7.04. The molecule has 3 rings (SSSR count). The molecule has 0 radical (unpaired) electrons. The lowest BCUT2D eigenvalue weighted by atomic mass is 10.1. The van der Waals surface area contributed by atoms with E-state index in [1.807, 2.05) is 17.5 Å². The summed E-state index contributed by atoms with van der Waals surface area (Å²) in [5.41, 5.74) is 1.19. The number of carbonyl (C=O) groups is 1. The Morgan fingerprint density at radius 2 is 2.00 bits per heavy atom. The molecule has 6 nitrogen and oxygen atoms in total. The number of rotatable bonds is 7. The van der Waals surface area contributed by atoms with Crippen LogP contribution in [0, 0.1) is 22.9 Å². The number of hydrogen-bond acceptors (Lipinski definition) is 5. The van der Waals surface area contributed by atoms with Crippen molar-refractivity contribution in [3.63, 3.8) is 0 Å². The molecule has 0 aliphatic rings. The van der Waals surface area contributed by atoms with Crippen LogP contribution in [0.3, 0.4) is 0 Å². The molecule has 28 heavy (non-hydrogen) atoms. The van der Waals surface area contributed by atoms with Crippen LogP contribution in [0.5, 0.6) is 5.75 Å². The summed E-state index contributed by atoms with van der Waals surface area (Å²) in [7, 11) is 0. The van der Waals surface area contributed by atoms with E-state index in [2.05, 4.69) is 5.32 Å². The van der Waals surface area contributed by atoms with Gasteiger partial charge in [0.25, 0.3) is 11.6 Å². The van der Waals surface area contributed by atoms with Crippen molar-refractivity contribution in [2.24, 2.45) is 0 Å². The standard InChI is InChI=1S/C20H17FN2O4S/c1-13-11-16(8-9-17(13)23(25)26)27-12-19(24)22-20(18-3-2-10-28-18)14-4-6-15(21)7-5-14/h2-11,20H,12H2,1H3,(H,22,24)/t20-/m0/s1. The zero-order valence-corrected chi connectivity index (χ0v) is 15.7. The van der Waals surface area contributed by atoms with Gasteiger partial charge in [0.15, 0.2) is 6.61 Å². The lowest BCUT2D eigenvalue weighted by Gasteiger charge is -2.18. The van der Waals surface area contributed by atoms with Gasteiger partial charge in [0.2, 0.25) is 0 Å². The molecule has 1 heterocycles. The van der Waals surface area contributed by atoms with Gasteiger partial charge in [-0.2, -0.15) is 0 Å². The second kappa shape index (κ2) is 8.62. The number of halogens is 1. The number of thiophene rings is 1. The zero-order chi connectivity index (χ0) is 20.1. The van der Waals surface area contributed by atoms with E-state index in [9.17, 15) is 19.3 Å². The summed E-state index contributed by atoms with van der Waals surface area (Å²) in [6.07, 6.45) is 0. The average molecular weight is 400 g/mol.